The highest BCUT2D eigenvalue weighted by Gasteiger charge is 2.68. The van der Waals surface area contributed by atoms with Crippen LogP contribution >= 0.6 is 46.6 Å². The molecule has 1 saturated heterocycles. The standard InChI is InChI=1S/C23H21Cl3N2O8S/c1-14(29)27-23(36-16-10-6-3-7-11-16)19(32)28(20(23)37-21(33)35-13-22(24,25)26)17(30)18(31)34-12-15-8-4-2-5-9-15/h2-11,17,20,30H,12-13H2,1H3,(H,27,29). The van der Waals surface area contributed by atoms with Crippen LogP contribution in [0, 0.1) is 0 Å². The zero-order valence-corrected chi connectivity index (χ0v) is 22.2. The van der Waals surface area contributed by atoms with Crippen LogP contribution in [-0.2, 0) is 30.5 Å². The van der Waals surface area contributed by atoms with E-state index >= 15 is 0 Å². The molecule has 3 unspecified atom stereocenters. The van der Waals surface area contributed by atoms with E-state index in [0.29, 0.717) is 22.2 Å². The number of rotatable bonds is 9. The van der Waals surface area contributed by atoms with Gasteiger partial charge in [-0.1, -0.05) is 83.3 Å². The van der Waals surface area contributed by atoms with E-state index in [1.54, 1.807) is 48.5 Å². The van der Waals surface area contributed by atoms with E-state index in [0.717, 1.165) is 6.92 Å². The smallest absolute Gasteiger partial charge is 0.369 e. The fourth-order valence-corrected chi connectivity index (χ4v) is 4.44. The third-order valence-electron chi connectivity index (χ3n) is 4.80. The zero-order chi connectivity index (χ0) is 27.2. The van der Waals surface area contributed by atoms with Crippen molar-refractivity contribution < 1.29 is 38.5 Å². The summed E-state index contributed by atoms with van der Waals surface area (Å²) in [6.07, 6.45) is -2.14. The number of β-lactam (4-membered cyclic amide) rings is 1. The molecule has 1 heterocycles. The molecule has 2 N–H and O–H groups in total. The molecule has 0 spiro atoms. The number of aliphatic hydroxyl groups is 1. The van der Waals surface area contributed by atoms with Gasteiger partial charge in [0, 0.05) is 6.92 Å². The molecule has 2 aromatic rings. The SMILES string of the molecule is CC(=O)NC1(Oc2ccccc2)C(=O)N(C(O)C(=O)OCc2ccccc2)C1SC(=O)OCC(Cl)(Cl)Cl. The highest BCUT2D eigenvalue weighted by Crippen LogP contribution is 2.42. The van der Waals surface area contributed by atoms with Gasteiger partial charge in [0.2, 0.25) is 15.9 Å². The van der Waals surface area contributed by atoms with E-state index in [2.05, 4.69) is 5.32 Å². The van der Waals surface area contributed by atoms with E-state index in [1.807, 2.05) is 0 Å². The van der Waals surface area contributed by atoms with E-state index < -0.39 is 50.8 Å². The van der Waals surface area contributed by atoms with E-state index in [-0.39, 0.29) is 12.4 Å². The van der Waals surface area contributed by atoms with Gasteiger partial charge in [-0.2, -0.15) is 0 Å². The number of ether oxygens (including phenoxy) is 3. The zero-order valence-electron chi connectivity index (χ0n) is 19.1. The topological polar surface area (TPSA) is 131 Å². The second-order valence-electron chi connectivity index (χ2n) is 7.64. The predicted octanol–water partition coefficient (Wildman–Crippen LogP) is 3.37. The van der Waals surface area contributed by atoms with Gasteiger partial charge in [-0.15, -0.1) is 0 Å². The first-order valence-corrected chi connectivity index (χ1v) is 12.6. The molecule has 198 valence electrons. The number of amides is 2. The number of alkyl halides is 3. The summed E-state index contributed by atoms with van der Waals surface area (Å²) in [6, 6.07) is 16.6. The number of halogens is 3. The molecular weight excluding hydrogens is 571 g/mol. The summed E-state index contributed by atoms with van der Waals surface area (Å²) >= 11 is 17.2. The van der Waals surface area contributed by atoms with Crippen molar-refractivity contribution in [3.63, 3.8) is 0 Å². The molecule has 10 nitrogen and oxygen atoms in total. The van der Waals surface area contributed by atoms with Gasteiger partial charge >= 0.3 is 11.3 Å². The van der Waals surface area contributed by atoms with Crippen molar-refractivity contribution in [2.75, 3.05) is 6.61 Å². The first-order chi connectivity index (χ1) is 17.4. The molecule has 3 rings (SSSR count). The van der Waals surface area contributed by atoms with Crippen LogP contribution in [0.15, 0.2) is 60.7 Å². The van der Waals surface area contributed by atoms with Crippen LogP contribution in [0.1, 0.15) is 12.5 Å². The van der Waals surface area contributed by atoms with Crippen LogP contribution in [-0.4, -0.2) is 60.8 Å². The summed E-state index contributed by atoms with van der Waals surface area (Å²) < 4.78 is 13.9. The highest BCUT2D eigenvalue weighted by molar-refractivity contribution is 8.13. The molecule has 14 heteroatoms. The van der Waals surface area contributed by atoms with Gasteiger partial charge in [-0.3, -0.25) is 14.5 Å². The Morgan fingerprint density at radius 3 is 2.24 bits per heavy atom. The summed E-state index contributed by atoms with van der Waals surface area (Å²) in [6.45, 7) is 0.317. The number of benzene rings is 2. The quantitative estimate of drug-likeness (QED) is 0.195. The van der Waals surface area contributed by atoms with Crippen LogP contribution < -0.4 is 10.1 Å². The number of para-hydroxylation sites is 1. The van der Waals surface area contributed by atoms with E-state index in [1.165, 1.54) is 12.1 Å². The number of hydrogen-bond donors (Lipinski definition) is 2. The molecule has 2 amide bonds. The van der Waals surface area contributed by atoms with Crippen LogP contribution in [0.3, 0.4) is 0 Å². The lowest BCUT2D eigenvalue weighted by atomic mass is 10.0. The van der Waals surface area contributed by atoms with E-state index in [4.69, 9.17) is 49.0 Å². The first-order valence-electron chi connectivity index (χ1n) is 10.6. The second-order valence-corrected chi connectivity index (χ2v) is 11.2. The van der Waals surface area contributed by atoms with Crippen molar-refractivity contribution in [2.24, 2.45) is 0 Å². The lowest BCUT2D eigenvalue weighted by molar-refractivity contribution is -0.209. The number of nitrogens with one attached hydrogen (secondary N) is 1. The number of nitrogens with zero attached hydrogens (tertiary/aromatic N) is 1. The Hall–Kier alpha value is -2.70. The Morgan fingerprint density at radius 2 is 1.68 bits per heavy atom. The lowest BCUT2D eigenvalue weighted by Gasteiger charge is -2.54. The Morgan fingerprint density at radius 1 is 1.08 bits per heavy atom. The normalized spacial score (nSPS) is 19.9. The maximum Gasteiger partial charge on any atom is 0.369 e. The number of esters is 1. The molecule has 0 saturated carbocycles. The van der Waals surface area contributed by atoms with Gasteiger partial charge in [0.1, 0.15) is 19.0 Å². The van der Waals surface area contributed by atoms with Gasteiger partial charge in [0.15, 0.2) is 5.37 Å². The summed E-state index contributed by atoms with van der Waals surface area (Å²) in [7, 11) is 0. The molecule has 3 atom stereocenters. The fraction of sp³-hybridized carbons (Fsp3) is 0.304. The Labute approximate surface area is 231 Å². The molecule has 0 radical (unpaired) electrons. The van der Waals surface area contributed by atoms with Gasteiger partial charge in [-0.25, -0.2) is 9.59 Å². The number of carbonyl (C=O) groups excluding carboxylic acids is 4. The summed E-state index contributed by atoms with van der Waals surface area (Å²) in [5, 5.41) is 10.6. The summed E-state index contributed by atoms with van der Waals surface area (Å²) in [5.41, 5.74) is -1.54. The Balaban J connectivity index is 1.86. The van der Waals surface area contributed by atoms with Crippen molar-refractivity contribution in [3.8, 4) is 5.75 Å². The van der Waals surface area contributed by atoms with Crippen molar-refractivity contribution in [1.82, 2.24) is 10.2 Å². The summed E-state index contributed by atoms with van der Waals surface area (Å²) in [5.74, 6) is -2.72. The first kappa shape index (κ1) is 28.9. The van der Waals surface area contributed by atoms with Crippen LogP contribution in [0.4, 0.5) is 4.79 Å². The third kappa shape index (κ3) is 7.42. The van der Waals surface area contributed by atoms with Crippen LogP contribution in [0.2, 0.25) is 0 Å². The van der Waals surface area contributed by atoms with Gasteiger partial charge in [-0.05, 0) is 29.5 Å². The minimum absolute atomic E-state index is 0.158. The fourth-order valence-electron chi connectivity index (χ4n) is 3.27. The average Bonchev–Trinajstić information content (AvgIpc) is 2.85. The van der Waals surface area contributed by atoms with Gasteiger partial charge in [0.05, 0.1) is 0 Å². The number of hydrogen-bond acceptors (Lipinski definition) is 9. The molecule has 0 aromatic heterocycles. The van der Waals surface area contributed by atoms with Crippen molar-refractivity contribution in [1.29, 1.82) is 0 Å². The van der Waals surface area contributed by atoms with Crippen LogP contribution in [0.25, 0.3) is 0 Å². The maximum atomic E-state index is 13.3. The number of aliphatic hydroxyl groups excluding tert-OH is 1. The molecule has 0 bridgehead atoms. The number of carbonyl (C=O) groups is 4. The third-order valence-corrected chi connectivity index (χ3v) is 6.22. The summed E-state index contributed by atoms with van der Waals surface area (Å²) in [4.78, 5) is 51.2. The van der Waals surface area contributed by atoms with E-state index in [9.17, 15) is 24.3 Å². The van der Waals surface area contributed by atoms with Crippen molar-refractivity contribution >= 4 is 69.6 Å². The highest BCUT2D eigenvalue weighted by atomic mass is 35.6. The molecule has 0 aliphatic carbocycles. The number of thioether (sulfide) groups is 1. The predicted molar refractivity (Wildman–Crippen MR) is 136 cm³/mol. The maximum absolute atomic E-state index is 13.3. The van der Waals surface area contributed by atoms with Gasteiger partial charge < -0.3 is 24.6 Å². The molecule has 1 aliphatic heterocycles. The van der Waals surface area contributed by atoms with Crippen LogP contribution in [0.5, 0.6) is 5.75 Å². The second kappa shape index (κ2) is 12.2. The molecular formula is C23H21Cl3N2O8S. The minimum Gasteiger partial charge on any atom is -0.457 e. The number of likely N-dealkylation sites (tertiary alicyclic amines) is 1. The van der Waals surface area contributed by atoms with Gasteiger partial charge in [0.25, 0.3) is 11.6 Å². The molecule has 1 fully saturated rings. The Bertz CT molecular complexity index is 1140. The largest absolute Gasteiger partial charge is 0.457 e. The molecule has 37 heavy (non-hydrogen) atoms. The average molecular weight is 592 g/mol. The molecule has 2 aromatic carbocycles. The molecule has 1 aliphatic rings. The van der Waals surface area contributed by atoms with Crippen molar-refractivity contribution in [2.45, 2.75) is 34.6 Å². The Kier molecular flexibility index (Phi) is 9.54. The monoisotopic (exact) mass is 590 g/mol. The minimum atomic E-state index is -2.18. The lowest BCUT2D eigenvalue weighted by Crippen LogP contribution is -2.83. The van der Waals surface area contributed by atoms with Crippen molar-refractivity contribution in [3.05, 3.63) is 66.2 Å².